The first-order valence-electron chi connectivity index (χ1n) is 6.94. The summed E-state index contributed by atoms with van der Waals surface area (Å²) < 4.78 is 7.20. The Labute approximate surface area is 128 Å². The molecular formula is C16H16N4O2. The van der Waals surface area contributed by atoms with E-state index in [9.17, 15) is 4.79 Å². The molecule has 0 bridgehead atoms. The number of rotatable bonds is 2. The van der Waals surface area contributed by atoms with Crippen molar-refractivity contribution in [2.24, 2.45) is 7.05 Å². The van der Waals surface area contributed by atoms with Crippen molar-refractivity contribution in [3.8, 4) is 11.8 Å². The predicted octanol–water partition coefficient (Wildman–Crippen LogP) is 2.21. The molecule has 1 aromatic carbocycles. The molecule has 1 aliphatic rings. The fourth-order valence-corrected chi connectivity index (χ4v) is 2.57. The van der Waals surface area contributed by atoms with Crippen molar-refractivity contribution in [2.75, 3.05) is 11.9 Å². The van der Waals surface area contributed by atoms with Crippen molar-refractivity contribution >= 4 is 11.7 Å². The number of nitriles is 1. The molecule has 1 aromatic heterocycles. The fourth-order valence-electron chi connectivity index (χ4n) is 2.57. The molecular weight excluding hydrogens is 280 g/mol. The maximum absolute atomic E-state index is 12.5. The lowest BCUT2D eigenvalue weighted by molar-refractivity contribution is 0.102. The summed E-state index contributed by atoms with van der Waals surface area (Å²) in [5.41, 5.74) is 1.68. The van der Waals surface area contributed by atoms with Crippen LogP contribution in [0.15, 0.2) is 24.4 Å². The molecule has 6 heteroatoms. The van der Waals surface area contributed by atoms with Crippen LogP contribution in [0.5, 0.6) is 5.75 Å². The Morgan fingerprint density at radius 3 is 3.00 bits per heavy atom. The monoisotopic (exact) mass is 296 g/mol. The highest BCUT2D eigenvalue weighted by Gasteiger charge is 2.34. The van der Waals surface area contributed by atoms with E-state index in [1.165, 1.54) is 4.68 Å². The van der Waals surface area contributed by atoms with Gasteiger partial charge in [0, 0.05) is 24.2 Å². The molecule has 112 valence electrons. The molecule has 0 atom stereocenters. The second kappa shape index (κ2) is 4.88. The number of carbonyl (C=O) groups excluding carboxylic acids is 1. The topological polar surface area (TPSA) is 79.9 Å². The summed E-state index contributed by atoms with van der Waals surface area (Å²) in [7, 11) is 1.70. The first kappa shape index (κ1) is 14.1. The molecule has 6 nitrogen and oxygen atoms in total. The number of nitrogens with one attached hydrogen (secondary N) is 1. The van der Waals surface area contributed by atoms with Gasteiger partial charge in [0.1, 0.15) is 17.4 Å². The predicted molar refractivity (Wildman–Crippen MR) is 80.8 cm³/mol. The third-order valence-corrected chi connectivity index (χ3v) is 3.75. The van der Waals surface area contributed by atoms with Gasteiger partial charge in [-0.05, 0) is 6.07 Å². The van der Waals surface area contributed by atoms with Gasteiger partial charge in [-0.2, -0.15) is 10.4 Å². The molecule has 2 aromatic rings. The van der Waals surface area contributed by atoms with Crippen LogP contribution in [-0.2, 0) is 12.5 Å². The van der Waals surface area contributed by atoms with Crippen LogP contribution in [0.25, 0.3) is 0 Å². The van der Waals surface area contributed by atoms with E-state index in [1.54, 1.807) is 19.3 Å². The molecule has 1 N–H and O–H groups in total. The first-order chi connectivity index (χ1) is 10.4. The second-order valence-corrected chi connectivity index (χ2v) is 5.99. The lowest BCUT2D eigenvalue weighted by Gasteiger charge is -2.15. The van der Waals surface area contributed by atoms with Gasteiger partial charge in [0.05, 0.1) is 12.2 Å². The van der Waals surface area contributed by atoms with E-state index < -0.39 is 0 Å². The number of fused-ring (bicyclic) bond motifs is 1. The van der Waals surface area contributed by atoms with Gasteiger partial charge in [0.2, 0.25) is 0 Å². The van der Waals surface area contributed by atoms with Crippen molar-refractivity contribution in [1.29, 1.82) is 5.26 Å². The second-order valence-electron chi connectivity index (χ2n) is 5.99. The van der Waals surface area contributed by atoms with Crippen molar-refractivity contribution < 1.29 is 9.53 Å². The van der Waals surface area contributed by atoms with Crippen LogP contribution in [0.1, 0.15) is 35.3 Å². The van der Waals surface area contributed by atoms with Crippen molar-refractivity contribution in [3.05, 3.63) is 41.1 Å². The summed E-state index contributed by atoms with van der Waals surface area (Å²) in [6, 6.07) is 7.54. The van der Waals surface area contributed by atoms with Crippen LogP contribution in [0.2, 0.25) is 0 Å². The summed E-state index contributed by atoms with van der Waals surface area (Å²) in [4.78, 5) is 12.5. The number of anilines is 1. The number of amides is 1. The number of carbonyl (C=O) groups is 1. The standard InChI is InChI=1S/C16H16N4O2/c1-16(2)9-22-13-11(5-4-6-12(13)16)15(21)18-14-10(7-17)8-20(3)19-14/h4-6,8H,9H2,1-3H3,(H,18,19,21). The Morgan fingerprint density at radius 2 is 2.27 bits per heavy atom. The molecule has 0 fully saturated rings. The van der Waals surface area contributed by atoms with Crippen LogP contribution in [0, 0.1) is 11.3 Å². The minimum Gasteiger partial charge on any atom is -0.492 e. The average molecular weight is 296 g/mol. The Hall–Kier alpha value is -2.81. The van der Waals surface area contributed by atoms with E-state index in [1.807, 2.05) is 18.2 Å². The zero-order valence-electron chi connectivity index (χ0n) is 12.7. The van der Waals surface area contributed by atoms with E-state index in [0.717, 1.165) is 5.56 Å². The van der Waals surface area contributed by atoms with Crippen LogP contribution in [-0.4, -0.2) is 22.3 Å². The van der Waals surface area contributed by atoms with Crippen molar-refractivity contribution in [1.82, 2.24) is 9.78 Å². The van der Waals surface area contributed by atoms with Gasteiger partial charge in [-0.3, -0.25) is 9.48 Å². The number of nitrogens with zero attached hydrogens (tertiary/aromatic N) is 3. The minimum absolute atomic E-state index is 0.117. The molecule has 1 amide bonds. The zero-order valence-corrected chi connectivity index (χ0v) is 12.7. The van der Waals surface area contributed by atoms with E-state index in [-0.39, 0.29) is 17.1 Å². The number of ether oxygens (including phenoxy) is 1. The lowest BCUT2D eigenvalue weighted by atomic mass is 9.86. The molecule has 22 heavy (non-hydrogen) atoms. The summed E-state index contributed by atoms with van der Waals surface area (Å²) in [5, 5.41) is 15.8. The molecule has 1 aliphatic heterocycles. The smallest absolute Gasteiger partial charge is 0.260 e. The number of benzene rings is 1. The highest BCUT2D eigenvalue weighted by Crippen LogP contribution is 2.40. The number of aromatic nitrogens is 2. The minimum atomic E-state index is -0.329. The van der Waals surface area contributed by atoms with Gasteiger partial charge >= 0.3 is 0 Å². The summed E-state index contributed by atoms with van der Waals surface area (Å²) >= 11 is 0. The molecule has 3 rings (SSSR count). The van der Waals surface area contributed by atoms with E-state index in [2.05, 4.69) is 24.3 Å². The summed E-state index contributed by atoms with van der Waals surface area (Å²) in [5.74, 6) is 0.536. The van der Waals surface area contributed by atoms with Gasteiger partial charge in [0.25, 0.3) is 5.91 Å². The summed E-state index contributed by atoms with van der Waals surface area (Å²) in [6.07, 6.45) is 1.56. The van der Waals surface area contributed by atoms with Crippen molar-refractivity contribution in [2.45, 2.75) is 19.3 Å². The van der Waals surface area contributed by atoms with Crippen LogP contribution in [0.4, 0.5) is 5.82 Å². The third-order valence-electron chi connectivity index (χ3n) is 3.75. The van der Waals surface area contributed by atoms with Gasteiger partial charge in [-0.1, -0.05) is 26.0 Å². The molecule has 0 aliphatic carbocycles. The Morgan fingerprint density at radius 1 is 1.50 bits per heavy atom. The molecule has 2 heterocycles. The van der Waals surface area contributed by atoms with Crippen molar-refractivity contribution in [3.63, 3.8) is 0 Å². The van der Waals surface area contributed by atoms with Gasteiger partial charge < -0.3 is 10.1 Å². The van der Waals surface area contributed by atoms with Crippen LogP contribution >= 0.6 is 0 Å². The van der Waals surface area contributed by atoms with Gasteiger partial charge in [-0.25, -0.2) is 0 Å². The van der Waals surface area contributed by atoms with E-state index >= 15 is 0 Å². The SMILES string of the molecule is Cn1cc(C#N)c(NC(=O)c2cccc3c2OCC3(C)C)n1. The maximum Gasteiger partial charge on any atom is 0.260 e. The average Bonchev–Trinajstić information content (AvgIpc) is 2.99. The fraction of sp³-hybridized carbons (Fsp3) is 0.312. The highest BCUT2D eigenvalue weighted by atomic mass is 16.5. The molecule has 0 unspecified atom stereocenters. The normalized spacial score (nSPS) is 14.8. The van der Waals surface area contributed by atoms with Crippen LogP contribution < -0.4 is 10.1 Å². The number of para-hydroxylation sites is 1. The molecule has 0 radical (unpaired) electrons. The van der Waals surface area contributed by atoms with Gasteiger partial charge in [-0.15, -0.1) is 0 Å². The quantitative estimate of drug-likeness (QED) is 0.921. The number of hydrogen-bond donors (Lipinski definition) is 1. The highest BCUT2D eigenvalue weighted by molar-refractivity contribution is 6.06. The Bertz CT molecular complexity index is 799. The largest absolute Gasteiger partial charge is 0.492 e. The molecule has 0 saturated heterocycles. The van der Waals surface area contributed by atoms with Gasteiger partial charge in [0.15, 0.2) is 5.82 Å². The molecule has 0 spiro atoms. The first-order valence-corrected chi connectivity index (χ1v) is 6.94. The maximum atomic E-state index is 12.5. The zero-order chi connectivity index (χ0) is 15.9. The number of aryl methyl sites for hydroxylation is 1. The Kier molecular flexibility index (Phi) is 3.14. The van der Waals surface area contributed by atoms with E-state index in [0.29, 0.717) is 23.5 Å². The summed E-state index contributed by atoms with van der Waals surface area (Å²) in [6.45, 7) is 4.69. The number of hydrogen-bond acceptors (Lipinski definition) is 4. The van der Waals surface area contributed by atoms with E-state index in [4.69, 9.17) is 10.00 Å². The molecule has 0 saturated carbocycles. The lowest BCUT2D eigenvalue weighted by Crippen LogP contribution is -2.18. The third kappa shape index (κ3) is 2.21. The van der Waals surface area contributed by atoms with Crippen LogP contribution in [0.3, 0.4) is 0 Å². The Balaban J connectivity index is 1.95.